The Hall–Kier alpha value is -2.34. The molecule has 0 aromatic heterocycles. The van der Waals surface area contributed by atoms with Crippen molar-refractivity contribution >= 4 is 27.3 Å². The Morgan fingerprint density at radius 2 is 1.73 bits per heavy atom. The molecule has 0 heterocycles. The molecule has 1 fully saturated rings. The Labute approximate surface area is 154 Å². The maximum atomic E-state index is 12.9. The Kier molecular flexibility index (Phi) is 4.80. The summed E-state index contributed by atoms with van der Waals surface area (Å²) < 4.78 is 28.4. The third kappa shape index (κ3) is 3.90. The second-order valence-electron chi connectivity index (χ2n) is 7.21. The van der Waals surface area contributed by atoms with Crippen LogP contribution in [0.2, 0.25) is 0 Å². The van der Waals surface area contributed by atoms with Crippen LogP contribution in [0.4, 0.5) is 11.4 Å². The zero-order valence-corrected chi connectivity index (χ0v) is 16.3. The molecule has 0 unspecified atom stereocenters. The van der Waals surface area contributed by atoms with Crippen LogP contribution in [0.3, 0.4) is 0 Å². The number of aryl methyl sites for hydroxylation is 3. The fourth-order valence-electron chi connectivity index (χ4n) is 3.02. The van der Waals surface area contributed by atoms with Crippen LogP contribution in [0.15, 0.2) is 41.3 Å². The quantitative estimate of drug-likeness (QED) is 0.833. The third-order valence-corrected chi connectivity index (χ3v) is 6.33. The van der Waals surface area contributed by atoms with Crippen molar-refractivity contribution in [3.8, 4) is 0 Å². The molecule has 0 saturated heterocycles. The Bertz CT molecular complexity index is 967. The molecular weight excluding hydrogens is 348 g/mol. The summed E-state index contributed by atoms with van der Waals surface area (Å²) in [6.07, 6.45) is 0.886. The van der Waals surface area contributed by atoms with Crippen molar-refractivity contribution < 1.29 is 13.2 Å². The molecule has 6 heteroatoms. The Morgan fingerprint density at radius 3 is 2.35 bits per heavy atom. The Balaban J connectivity index is 1.86. The van der Waals surface area contributed by atoms with Crippen molar-refractivity contribution in [1.29, 1.82) is 0 Å². The predicted octanol–water partition coefficient (Wildman–Crippen LogP) is 4.01. The van der Waals surface area contributed by atoms with E-state index in [1.54, 1.807) is 25.1 Å². The summed E-state index contributed by atoms with van der Waals surface area (Å²) in [5.41, 5.74) is 3.61. The third-order valence-electron chi connectivity index (χ3n) is 4.82. The highest BCUT2D eigenvalue weighted by Crippen LogP contribution is 2.38. The lowest BCUT2D eigenvalue weighted by molar-refractivity contribution is -0.117. The summed E-state index contributed by atoms with van der Waals surface area (Å²) in [4.78, 5) is 12.3. The number of rotatable bonds is 5. The van der Waals surface area contributed by atoms with Crippen LogP contribution >= 0.6 is 0 Å². The molecule has 0 bridgehead atoms. The van der Waals surface area contributed by atoms with E-state index in [1.807, 2.05) is 32.9 Å². The molecule has 1 aliphatic rings. The van der Waals surface area contributed by atoms with Crippen LogP contribution in [-0.4, -0.2) is 14.3 Å². The van der Waals surface area contributed by atoms with Gasteiger partial charge in [-0.15, -0.1) is 0 Å². The number of amides is 1. The monoisotopic (exact) mass is 372 g/mol. The fourth-order valence-corrected chi connectivity index (χ4v) is 4.42. The molecule has 2 aromatic carbocycles. The van der Waals surface area contributed by atoms with Gasteiger partial charge in [-0.2, -0.15) is 0 Å². The molecule has 0 radical (unpaired) electrons. The molecule has 3 rings (SSSR count). The summed E-state index contributed by atoms with van der Waals surface area (Å²) in [5, 5.41) is 2.83. The number of anilines is 2. The molecule has 138 valence electrons. The number of nitrogens with one attached hydrogen (secondary N) is 2. The fraction of sp³-hybridized carbons (Fsp3) is 0.350. The predicted molar refractivity (Wildman–Crippen MR) is 104 cm³/mol. The first-order valence-corrected chi connectivity index (χ1v) is 10.2. The number of carbonyl (C=O) groups is 1. The highest BCUT2D eigenvalue weighted by molar-refractivity contribution is 7.92. The normalized spacial score (nSPS) is 19.1. The van der Waals surface area contributed by atoms with Gasteiger partial charge in [0.2, 0.25) is 5.91 Å². The first-order chi connectivity index (χ1) is 12.2. The van der Waals surface area contributed by atoms with Crippen LogP contribution in [0.5, 0.6) is 0 Å². The molecular formula is C20H24N2O3S. The van der Waals surface area contributed by atoms with E-state index in [0.717, 1.165) is 17.5 Å². The van der Waals surface area contributed by atoms with E-state index in [1.165, 1.54) is 6.07 Å². The van der Waals surface area contributed by atoms with E-state index in [4.69, 9.17) is 0 Å². The zero-order chi connectivity index (χ0) is 19.1. The van der Waals surface area contributed by atoms with Crippen LogP contribution in [0.25, 0.3) is 0 Å². The van der Waals surface area contributed by atoms with Gasteiger partial charge in [0.25, 0.3) is 10.0 Å². The average Bonchev–Trinajstić information content (AvgIpc) is 3.29. The number of hydrogen-bond donors (Lipinski definition) is 2. The molecule has 2 aromatic rings. The number of carbonyl (C=O) groups excluding carboxylic acids is 1. The van der Waals surface area contributed by atoms with Gasteiger partial charge in [-0.3, -0.25) is 9.52 Å². The summed E-state index contributed by atoms with van der Waals surface area (Å²) in [5.74, 6) is 0.381. The molecule has 1 amide bonds. The molecule has 2 N–H and O–H groups in total. The van der Waals surface area contributed by atoms with E-state index < -0.39 is 10.0 Å². The standard InChI is InChI=1S/C20H24N2O3S/c1-12-5-8-18(15(4)9-12)22-26(24,25)19-11-16(7-6-13(19)2)21-20(23)17-10-14(17)3/h5-9,11,14,17,22H,10H2,1-4H3,(H,21,23)/t14-,17+/m1/s1. The van der Waals surface area contributed by atoms with Crippen LogP contribution < -0.4 is 10.0 Å². The summed E-state index contributed by atoms with van der Waals surface area (Å²) in [7, 11) is -3.75. The van der Waals surface area contributed by atoms with Crippen molar-refractivity contribution in [3.63, 3.8) is 0 Å². The van der Waals surface area contributed by atoms with Gasteiger partial charge in [-0.25, -0.2) is 8.42 Å². The van der Waals surface area contributed by atoms with E-state index in [9.17, 15) is 13.2 Å². The highest BCUT2D eigenvalue weighted by Gasteiger charge is 2.39. The van der Waals surface area contributed by atoms with E-state index >= 15 is 0 Å². The van der Waals surface area contributed by atoms with E-state index in [2.05, 4.69) is 10.0 Å². The second kappa shape index (κ2) is 6.76. The lowest BCUT2D eigenvalue weighted by atomic mass is 10.1. The van der Waals surface area contributed by atoms with Crippen LogP contribution in [0, 0.1) is 32.6 Å². The number of sulfonamides is 1. The Morgan fingerprint density at radius 1 is 1.04 bits per heavy atom. The van der Waals surface area contributed by atoms with Gasteiger partial charge in [0.1, 0.15) is 0 Å². The molecule has 0 spiro atoms. The minimum atomic E-state index is -3.75. The molecule has 1 aliphatic carbocycles. The summed E-state index contributed by atoms with van der Waals surface area (Å²) >= 11 is 0. The molecule has 5 nitrogen and oxygen atoms in total. The van der Waals surface area contributed by atoms with Gasteiger partial charge in [-0.05, 0) is 62.4 Å². The van der Waals surface area contributed by atoms with Crippen molar-refractivity contribution in [3.05, 3.63) is 53.1 Å². The van der Waals surface area contributed by atoms with Gasteiger partial charge < -0.3 is 5.32 Å². The molecule has 1 saturated carbocycles. The van der Waals surface area contributed by atoms with Crippen molar-refractivity contribution in [1.82, 2.24) is 0 Å². The first-order valence-electron chi connectivity index (χ1n) is 8.69. The van der Waals surface area contributed by atoms with E-state index in [-0.39, 0.29) is 16.7 Å². The van der Waals surface area contributed by atoms with Gasteiger partial charge in [-0.1, -0.05) is 30.7 Å². The van der Waals surface area contributed by atoms with E-state index in [0.29, 0.717) is 22.9 Å². The maximum absolute atomic E-state index is 12.9. The van der Waals surface area contributed by atoms with Gasteiger partial charge >= 0.3 is 0 Å². The van der Waals surface area contributed by atoms with Crippen LogP contribution in [0.1, 0.15) is 30.0 Å². The lowest BCUT2D eigenvalue weighted by Gasteiger charge is -2.14. The largest absolute Gasteiger partial charge is 0.326 e. The van der Waals surface area contributed by atoms with Gasteiger partial charge in [0.15, 0.2) is 0 Å². The van der Waals surface area contributed by atoms with Crippen molar-refractivity contribution in [2.75, 3.05) is 10.0 Å². The lowest BCUT2D eigenvalue weighted by Crippen LogP contribution is -2.17. The van der Waals surface area contributed by atoms with Gasteiger partial charge in [0.05, 0.1) is 10.6 Å². The topological polar surface area (TPSA) is 75.3 Å². The molecule has 26 heavy (non-hydrogen) atoms. The summed E-state index contributed by atoms with van der Waals surface area (Å²) in [6.45, 7) is 7.60. The summed E-state index contributed by atoms with van der Waals surface area (Å²) in [6, 6.07) is 10.5. The molecule has 2 atom stereocenters. The second-order valence-corrected chi connectivity index (χ2v) is 8.86. The smallest absolute Gasteiger partial charge is 0.262 e. The average molecular weight is 372 g/mol. The van der Waals surface area contributed by atoms with Crippen molar-refractivity contribution in [2.24, 2.45) is 11.8 Å². The minimum Gasteiger partial charge on any atom is -0.326 e. The minimum absolute atomic E-state index is 0.0321. The molecule has 0 aliphatic heterocycles. The first kappa shape index (κ1) is 18.5. The number of hydrogen-bond acceptors (Lipinski definition) is 3. The zero-order valence-electron chi connectivity index (χ0n) is 15.5. The van der Waals surface area contributed by atoms with Crippen LogP contribution in [-0.2, 0) is 14.8 Å². The van der Waals surface area contributed by atoms with Crippen molar-refractivity contribution in [2.45, 2.75) is 39.0 Å². The highest BCUT2D eigenvalue weighted by atomic mass is 32.2. The number of benzene rings is 2. The maximum Gasteiger partial charge on any atom is 0.262 e. The SMILES string of the molecule is Cc1ccc(NS(=O)(=O)c2cc(NC(=O)[C@H]3C[C@H]3C)ccc2C)c(C)c1. The van der Waals surface area contributed by atoms with Gasteiger partial charge in [0, 0.05) is 11.6 Å².